The summed E-state index contributed by atoms with van der Waals surface area (Å²) in [5.74, 6) is -0.985. The van der Waals surface area contributed by atoms with Gasteiger partial charge in [-0.2, -0.15) is 0 Å². The third kappa shape index (κ3) is 4.86. The summed E-state index contributed by atoms with van der Waals surface area (Å²) in [7, 11) is 0. The average molecular weight is 563 g/mol. The van der Waals surface area contributed by atoms with Crippen LogP contribution in [0, 0.1) is 0 Å². The molecule has 1 N–H and O–H groups in total. The first-order chi connectivity index (χ1) is 20.4. The minimum atomic E-state index is -0.252. The zero-order valence-corrected chi connectivity index (χ0v) is 23.9. The highest BCUT2D eigenvalue weighted by Gasteiger charge is 2.33. The summed E-state index contributed by atoms with van der Waals surface area (Å²) in [5, 5.41) is 6.65. The number of carbonyl (C=O) groups excluding carboxylic acids is 4. The van der Waals surface area contributed by atoms with Crippen molar-refractivity contribution in [2.45, 2.75) is 26.3 Å². The molecule has 0 atom stereocenters. The lowest BCUT2D eigenvalue weighted by Gasteiger charge is -2.32. The van der Waals surface area contributed by atoms with Gasteiger partial charge in [-0.25, -0.2) is 0 Å². The van der Waals surface area contributed by atoms with Crippen LogP contribution >= 0.6 is 0 Å². The van der Waals surface area contributed by atoms with Gasteiger partial charge in [-0.1, -0.05) is 48.5 Å². The lowest BCUT2D eigenvalue weighted by atomic mass is 9.94. The van der Waals surface area contributed by atoms with Crippen molar-refractivity contribution >= 4 is 45.2 Å². The molecule has 0 unspecified atom stereocenters. The number of imide groups is 2. The van der Waals surface area contributed by atoms with E-state index < -0.39 is 0 Å². The van der Waals surface area contributed by atoms with Gasteiger partial charge in [-0.05, 0) is 68.4 Å². The fraction of sp³-hybridized carbons (Fsp3) is 0.294. The van der Waals surface area contributed by atoms with Gasteiger partial charge in [0.25, 0.3) is 23.6 Å². The molecule has 0 aromatic heterocycles. The number of nitrogens with zero attached hydrogens (tertiary/aromatic N) is 3. The molecule has 0 bridgehead atoms. The van der Waals surface area contributed by atoms with E-state index in [0.717, 1.165) is 34.5 Å². The molecule has 2 heterocycles. The summed E-state index contributed by atoms with van der Waals surface area (Å²) in [6.45, 7) is 7.40. The molecular weight excluding hydrogens is 528 g/mol. The molecule has 6 rings (SSSR count). The van der Waals surface area contributed by atoms with Crippen molar-refractivity contribution in [3.8, 4) is 0 Å². The van der Waals surface area contributed by atoms with Crippen LogP contribution in [-0.4, -0.2) is 83.6 Å². The van der Waals surface area contributed by atoms with Crippen LogP contribution in [0.15, 0.2) is 72.8 Å². The summed E-state index contributed by atoms with van der Waals surface area (Å²) >= 11 is 0. The summed E-state index contributed by atoms with van der Waals surface area (Å²) in [6.07, 6.45) is 0.840. The second-order valence-electron chi connectivity index (χ2n) is 11.2. The van der Waals surface area contributed by atoms with E-state index in [1.165, 1.54) is 9.80 Å². The first kappa shape index (κ1) is 27.8. The maximum Gasteiger partial charge on any atom is 0.261 e. The molecule has 0 fully saturated rings. The Morgan fingerprint density at radius 3 is 1.45 bits per heavy atom. The van der Waals surface area contributed by atoms with E-state index in [2.05, 4.69) is 24.1 Å². The maximum absolute atomic E-state index is 13.3. The predicted molar refractivity (Wildman–Crippen MR) is 163 cm³/mol. The van der Waals surface area contributed by atoms with E-state index >= 15 is 0 Å². The highest BCUT2D eigenvalue weighted by molar-refractivity contribution is 6.26. The molecule has 0 aliphatic carbocycles. The SMILES string of the molecule is CC(C)N(CCCNCCN1C(=O)c2cccc3cccc(c23)C1=O)CCN1C(=O)c2cccc3cccc(c23)C1=O. The largest absolute Gasteiger partial charge is 0.315 e. The molecule has 4 amide bonds. The number of carbonyl (C=O) groups is 4. The molecular formula is C34H34N4O4. The topological polar surface area (TPSA) is 90.0 Å². The minimum absolute atomic E-state index is 0.238. The van der Waals surface area contributed by atoms with Gasteiger partial charge in [-0.15, -0.1) is 0 Å². The van der Waals surface area contributed by atoms with Gasteiger partial charge in [0.1, 0.15) is 0 Å². The molecule has 4 aromatic carbocycles. The summed E-state index contributed by atoms with van der Waals surface area (Å²) in [4.78, 5) is 57.6. The molecule has 0 saturated heterocycles. The second-order valence-corrected chi connectivity index (χ2v) is 11.2. The van der Waals surface area contributed by atoms with Crippen LogP contribution in [0.4, 0.5) is 0 Å². The van der Waals surface area contributed by atoms with Crippen LogP contribution in [-0.2, 0) is 0 Å². The van der Waals surface area contributed by atoms with Crippen molar-refractivity contribution in [1.29, 1.82) is 0 Å². The van der Waals surface area contributed by atoms with Gasteiger partial charge in [0.2, 0.25) is 0 Å². The Hall–Kier alpha value is -4.40. The van der Waals surface area contributed by atoms with Crippen LogP contribution in [0.5, 0.6) is 0 Å². The van der Waals surface area contributed by atoms with E-state index in [0.29, 0.717) is 55.0 Å². The van der Waals surface area contributed by atoms with E-state index in [1.807, 2.05) is 48.5 Å². The molecule has 8 heteroatoms. The van der Waals surface area contributed by atoms with Crippen molar-refractivity contribution in [3.63, 3.8) is 0 Å². The van der Waals surface area contributed by atoms with Crippen molar-refractivity contribution in [3.05, 3.63) is 95.1 Å². The predicted octanol–water partition coefficient (Wildman–Crippen LogP) is 4.58. The number of amides is 4. The molecule has 0 radical (unpaired) electrons. The fourth-order valence-electron chi connectivity index (χ4n) is 6.15. The van der Waals surface area contributed by atoms with Crippen LogP contribution in [0.3, 0.4) is 0 Å². The van der Waals surface area contributed by atoms with Crippen molar-refractivity contribution in [2.24, 2.45) is 0 Å². The lowest BCUT2D eigenvalue weighted by Crippen LogP contribution is -2.46. The fourth-order valence-corrected chi connectivity index (χ4v) is 6.15. The number of rotatable bonds is 11. The van der Waals surface area contributed by atoms with Crippen molar-refractivity contribution in [1.82, 2.24) is 20.0 Å². The molecule has 4 aromatic rings. The third-order valence-electron chi connectivity index (χ3n) is 8.36. The standard InChI is InChI=1S/C34H34N4O4/c1-22(2)36(20-21-38-33(41)27-14-5-10-24-11-6-15-28(30(24)27)34(38)42)18-7-16-35-17-19-37-31(39)25-12-3-8-23-9-4-13-26(29(23)25)32(37)40/h3-6,8-15,22,35H,7,16-21H2,1-2H3. The molecule has 2 aliphatic heterocycles. The maximum atomic E-state index is 13.3. The summed E-state index contributed by atoms with van der Waals surface area (Å²) in [6, 6.07) is 22.5. The number of nitrogens with one attached hydrogen (secondary N) is 1. The smallest absolute Gasteiger partial charge is 0.261 e. The Balaban J connectivity index is 0.999. The highest BCUT2D eigenvalue weighted by Crippen LogP contribution is 2.31. The van der Waals surface area contributed by atoms with E-state index in [4.69, 9.17) is 0 Å². The van der Waals surface area contributed by atoms with Crippen molar-refractivity contribution in [2.75, 3.05) is 39.3 Å². The van der Waals surface area contributed by atoms with Crippen molar-refractivity contribution < 1.29 is 19.2 Å². The van der Waals surface area contributed by atoms with Gasteiger partial charge < -0.3 is 5.32 Å². The quantitative estimate of drug-likeness (QED) is 0.213. The first-order valence-electron chi connectivity index (χ1n) is 14.6. The Labute approximate surface area is 244 Å². The minimum Gasteiger partial charge on any atom is -0.315 e. The van der Waals surface area contributed by atoms with E-state index in [-0.39, 0.29) is 29.7 Å². The molecule has 0 saturated carbocycles. The van der Waals surface area contributed by atoms with Crippen LogP contribution < -0.4 is 5.32 Å². The Morgan fingerprint density at radius 1 is 0.595 bits per heavy atom. The molecule has 214 valence electrons. The highest BCUT2D eigenvalue weighted by atomic mass is 16.2. The zero-order chi connectivity index (χ0) is 29.4. The Morgan fingerprint density at radius 2 is 1.02 bits per heavy atom. The first-order valence-corrected chi connectivity index (χ1v) is 14.6. The van der Waals surface area contributed by atoms with Crippen LogP contribution in [0.25, 0.3) is 21.5 Å². The zero-order valence-electron chi connectivity index (χ0n) is 23.9. The van der Waals surface area contributed by atoms with E-state index in [1.54, 1.807) is 24.3 Å². The molecule has 8 nitrogen and oxygen atoms in total. The summed E-state index contributed by atoms with van der Waals surface area (Å²) < 4.78 is 0. The van der Waals surface area contributed by atoms with Gasteiger partial charge in [0.05, 0.1) is 0 Å². The number of hydrogen-bond donors (Lipinski definition) is 1. The molecule has 0 spiro atoms. The van der Waals surface area contributed by atoms with Gasteiger partial charge in [0.15, 0.2) is 0 Å². The van der Waals surface area contributed by atoms with E-state index in [9.17, 15) is 19.2 Å². The van der Waals surface area contributed by atoms with Gasteiger partial charge >= 0.3 is 0 Å². The average Bonchev–Trinajstić information content (AvgIpc) is 3.00. The monoisotopic (exact) mass is 562 g/mol. The third-order valence-corrected chi connectivity index (χ3v) is 8.36. The second kappa shape index (κ2) is 11.5. The Kier molecular flexibility index (Phi) is 7.58. The summed E-state index contributed by atoms with van der Waals surface area (Å²) in [5.41, 5.74) is 2.30. The normalized spacial score (nSPS) is 14.8. The number of hydrogen-bond acceptors (Lipinski definition) is 6. The number of benzene rings is 4. The molecule has 2 aliphatic rings. The van der Waals surface area contributed by atoms with Crippen LogP contribution in [0.1, 0.15) is 61.7 Å². The van der Waals surface area contributed by atoms with Crippen LogP contribution in [0.2, 0.25) is 0 Å². The van der Waals surface area contributed by atoms with Gasteiger partial charge in [-0.3, -0.25) is 33.9 Å². The van der Waals surface area contributed by atoms with Gasteiger partial charge in [0, 0.05) is 65.2 Å². The lowest BCUT2D eigenvalue weighted by molar-refractivity contribution is 0.0579. The molecule has 42 heavy (non-hydrogen) atoms. The Bertz CT molecular complexity index is 1630.